The molecule has 0 aliphatic rings. The Balaban J connectivity index is 4.24. The molecule has 1 unspecified atom stereocenters. The molecular weight excluding hydrogens is 1010 g/mol. The monoisotopic (exact) mass is 1150 g/mol. The Hall–Kier alpha value is -2.63. The first kappa shape index (κ1) is 79.4. The zero-order chi connectivity index (χ0) is 59.2. The van der Waals surface area contributed by atoms with Crippen LogP contribution in [0.5, 0.6) is 0 Å². The van der Waals surface area contributed by atoms with Crippen LogP contribution in [0.4, 0.5) is 0 Å². The largest absolute Gasteiger partial charge is 0.462 e. The summed E-state index contributed by atoms with van der Waals surface area (Å²) in [5.74, 6) is -0.859. The van der Waals surface area contributed by atoms with Crippen LogP contribution in [-0.4, -0.2) is 37.2 Å². The van der Waals surface area contributed by atoms with E-state index in [2.05, 4.69) is 69.4 Å². The Bertz CT molecular complexity index is 1410. The van der Waals surface area contributed by atoms with Gasteiger partial charge in [0, 0.05) is 19.3 Å². The minimum absolute atomic E-state index is 0.0735. The molecule has 0 N–H and O–H groups in total. The summed E-state index contributed by atoms with van der Waals surface area (Å²) >= 11 is 0. The first-order valence-electron chi connectivity index (χ1n) is 36.6. The Morgan fingerprint density at radius 1 is 0.244 bits per heavy atom. The number of hydrogen-bond donors (Lipinski definition) is 0. The van der Waals surface area contributed by atoms with Crippen LogP contribution >= 0.6 is 0 Å². The van der Waals surface area contributed by atoms with Gasteiger partial charge < -0.3 is 14.2 Å². The van der Waals surface area contributed by atoms with Crippen molar-refractivity contribution in [1.29, 1.82) is 0 Å². The lowest BCUT2D eigenvalue weighted by Gasteiger charge is -2.18. The highest BCUT2D eigenvalue weighted by Gasteiger charge is 2.19. The Kier molecular flexibility index (Phi) is 68.6. The maximum absolute atomic E-state index is 13.0. The highest BCUT2D eigenvalue weighted by atomic mass is 16.6. The molecule has 82 heavy (non-hydrogen) atoms. The number of rotatable bonds is 68. The predicted octanol–water partition coefficient (Wildman–Crippen LogP) is 25.3. The van der Waals surface area contributed by atoms with Crippen molar-refractivity contribution < 1.29 is 28.6 Å². The normalized spacial score (nSPS) is 12.3. The molecule has 0 aliphatic heterocycles. The number of hydrogen-bond acceptors (Lipinski definition) is 6. The molecule has 0 aromatic rings. The summed E-state index contributed by atoms with van der Waals surface area (Å²) in [4.78, 5) is 38.5. The molecule has 480 valence electrons. The van der Waals surface area contributed by atoms with Crippen LogP contribution in [0.3, 0.4) is 0 Å². The summed E-state index contributed by atoms with van der Waals surface area (Å²) in [6.45, 7) is 6.67. The lowest BCUT2D eigenvalue weighted by molar-refractivity contribution is -0.167. The number of carbonyl (C=O) groups is 3. The van der Waals surface area contributed by atoms with Crippen molar-refractivity contribution in [2.75, 3.05) is 13.2 Å². The van der Waals surface area contributed by atoms with Crippen molar-refractivity contribution in [3.8, 4) is 0 Å². The third-order valence-corrected chi connectivity index (χ3v) is 16.5. The SMILES string of the molecule is CCCCC/C=C\C/C=C\CCCCCCCCCC(=O)OCC(COC(=O)CCCCCCCCCCCCCCCCCCC/C=C\CCCCCCCCCC)OC(=O)CCCCCCCCC/C=C\CCCCCCCCC. The van der Waals surface area contributed by atoms with Gasteiger partial charge in [-0.3, -0.25) is 14.4 Å². The number of carbonyl (C=O) groups excluding carboxylic acids is 3. The summed E-state index contributed by atoms with van der Waals surface area (Å²) < 4.78 is 17.0. The third kappa shape index (κ3) is 68.2. The molecule has 6 heteroatoms. The van der Waals surface area contributed by atoms with E-state index in [1.807, 2.05) is 0 Å². The van der Waals surface area contributed by atoms with Gasteiger partial charge in [0.25, 0.3) is 0 Å². The third-order valence-electron chi connectivity index (χ3n) is 16.5. The van der Waals surface area contributed by atoms with Gasteiger partial charge in [0.1, 0.15) is 13.2 Å². The quantitative estimate of drug-likeness (QED) is 0.0261. The standard InChI is InChI=1S/C76H140O6/c1-4-7-10-13-16-19-22-25-28-31-33-34-35-36-37-38-39-40-41-42-43-46-48-51-54-57-60-63-66-69-75(78)81-72-73(71-80-74(77)68-65-62-59-56-53-50-47-44-30-27-24-21-18-15-12-9-6-3)82-76(79)70-67-64-61-58-55-52-49-45-32-29-26-23-20-17-14-11-8-5-2/h18,21,27,29-33,73H,4-17,19-20,22-26,28,34-72H2,1-3H3/b21-18-,30-27-,32-29-,33-31-. The second kappa shape index (κ2) is 70.9. The smallest absolute Gasteiger partial charge is 0.306 e. The molecule has 0 fully saturated rings. The number of esters is 3. The maximum Gasteiger partial charge on any atom is 0.306 e. The van der Waals surface area contributed by atoms with Gasteiger partial charge in [-0.15, -0.1) is 0 Å². The molecule has 0 aromatic carbocycles. The summed E-state index contributed by atoms with van der Waals surface area (Å²) in [6.07, 6.45) is 90.0. The highest BCUT2D eigenvalue weighted by molar-refractivity contribution is 5.71. The van der Waals surface area contributed by atoms with Gasteiger partial charge >= 0.3 is 17.9 Å². The summed E-state index contributed by atoms with van der Waals surface area (Å²) in [7, 11) is 0. The molecule has 0 heterocycles. The van der Waals surface area contributed by atoms with Gasteiger partial charge in [-0.05, 0) is 103 Å². The van der Waals surface area contributed by atoms with Gasteiger partial charge in [0.05, 0.1) is 0 Å². The lowest BCUT2D eigenvalue weighted by atomic mass is 10.0. The summed E-state index contributed by atoms with van der Waals surface area (Å²) in [6, 6.07) is 0. The van der Waals surface area contributed by atoms with Crippen LogP contribution in [0.2, 0.25) is 0 Å². The first-order chi connectivity index (χ1) is 40.5. The molecule has 0 spiro atoms. The van der Waals surface area contributed by atoms with E-state index < -0.39 is 6.10 Å². The van der Waals surface area contributed by atoms with E-state index in [1.54, 1.807) is 0 Å². The van der Waals surface area contributed by atoms with Crippen LogP contribution < -0.4 is 0 Å². The number of unbranched alkanes of at least 4 members (excludes halogenated alkanes) is 49. The average Bonchev–Trinajstić information content (AvgIpc) is 3.47. The molecule has 0 amide bonds. The van der Waals surface area contributed by atoms with Crippen LogP contribution in [0.15, 0.2) is 48.6 Å². The fourth-order valence-electron chi connectivity index (χ4n) is 11.0. The molecule has 6 nitrogen and oxygen atoms in total. The van der Waals surface area contributed by atoms with Crippen LogP contribution in [0, 0.1) is 0 Å². The Morgan fingerprint density at radius 2 is 0.439 bits per heavy atom. The van der Waals surface area contributed by atoms with Crippen LogP contribution in [0.25, 0.3) is 0 Å². The molecule has 0 bridgehead atoms. The first-order valence-corrected chi connectivity index (χ1v) is 36.6. The van der Waals surface area contributed by atoms with Crippen molar-refractivity contribution in [1.82, 2.24) is 0 Å². The van der Waals surface area contributed by atoms with Gasteiger partial charge in [-0.2, -0.15) is 0 Å². The topological polar surface area (TPSA) is 78.9 Å². The zero-order valence-electron chi connectivity index (χ0n) is 55.3. The molecule has 0 saturated heterocycles. The molecule has 0 aromatic heterocycles. The molecule has 0 aliphatic carbocycles. The van der Waals surface area contributed by atoms with Gasteiger partial charge in [-0.25, -0.2) is 0 Å². The van der Waals surface area contributed by atoms with Crippen molar-refractivity contribution in [3.63, 3.8) is 0 Å². The average molecular weight is 1150 g/mol. The van der Waals surface area contributed by atoms with E-state index in [1.165, 1.54) is 289 Å². The van der Waals surface area contributed by atoms with Crippen molar-refractivity contribution in [2.45, 2.75) is 406 Å². The van der Waals surface area contributed by atoms with Crippen molar-refractivity contribution in [3.05, 3.63) is 48.6 Å². The Labute approximate surface area is 511 Å². The van der Waals surface area contributed by atoms with Crippen molar-refractivity contribution >= 4 is 17.9 Å². The van der Waals surface area contributed by atoms with Crippen LogP contribution in [0.1, 0.15) is 400 Å². The minimum atomic E-state index is -0.779. The van der Waals surface area contributed by atoms with E-state index in [9.17, 15) is 14.4 Å². The van der Waals surface area contributed by atoms with Crippen molar-refractivity contribution in [2.24, 2.45) is 0 Å². The van der Waals surface area contributed by atoms with E-state index in [-0.39, 0.29) is 31.1 Å². The van der Waals surface area contributed by atoms with E-state index in [0.29, 0.717) is 19.3 Å². The molecule has 0 saturated carbocycles. The van der Waals surface area contributed by atoms with Gasteiger partial charge in [0.15, 0.2) is 6.10 Å². The second-order valence-corrected chi connectivity index (χ2v) is 24.8. The van der Waals surface area contributed by atoms with Gasteiger partial charge in [0.2, 0.25) is 0 Å². The van der Waals surface area contributed by atoms with Gasteiger partial charge in [-0.1, -0.05) is 326 Å². The number of allylic oxidation sites excluding steroid dienone is 8. The van der Waals surface area contributed by atoms with E-state index in [4.69, 9.17) is 14.2 Å². The summed E-state index contributed by atoms with van der Waals surface area (Å²) in [5, 5.41) is 0. The Morgan fingerprint density at radius 3 is 0.707 bits per heavy atom. The lowest BCUT2D eigenvalue weighted by Crippen LogP contribution is -2.30. The van der Waals surface area contributed by atoms with E-state index in [0.717, 1.165) is 70.6 Å². The maximum atomic E-state index is 13.0. The minimum Gasteiger partial charge on any atom is -0.462 e. The van der Waals surface area contributed by atoms with Crippen LogP contribution in [-0.2, 0) is 28.6 Å². The fourth-order valence-corrected chi connectivity index (χ4v) is 11.0. The molecule has 0 radical (unpaired) electrons. The van der Waals surface area contributed by atoms with E-state index >= 15 is 0 Å². The fraction of sp³-hybridized carbons (Fsp3) is 0.855. The summed E-state index contributed by atoms with van der Waals surface area (Å²) in [5.41, 5.74) is 0. The molecule has 0 rings (SSSR count). The zero-order valence-corrected chi connectivity index (χ0v) is 55.3. The highest BCUT2D eigenvalue weighted by Crippen LogP contribution is 2.18. The molecule has 1 atom stereocenters. The molecular formula is C76H140O6. The second-order valence-electron chi connectivity index (χ2n) is 24.8. The number of ether oxygens (including phenoxy) is 3. The predicted molar refractivity (Wildman–Crippen MR) is 358 cm³/mol.